The fourth-order valence-electron chi connectivity index (χ4n) is 5.54. The maximum absolute atomic E-state index is 13.5. The monoisotopic (exact) mass is 460 g/mol. The lowest BCUT2D eigenvalue weighted by Gasteiger charge is -2.28. The third-order valence-electron chi connectivity index (χ3n) is 7.33. The van der Waals surface area contributed by atoms with Gasteiger partial charge < -0.3 is 10.0 Å². The molecule has 2 aromatic carbocycles. The first-order valence-electron chi connectivity index (χ1n) is 12.1. The zero-order valence-corrected chi connectivity index (χ0v) is 21.1. The summed E-state index contributed by atoms with van der Waals surface area (Å²) in [5, 5.41) is 19.8. The number of hydrogen-bond donors (Lipinski definition) is 2. The smallest absolute Gasteiger partial charge is 0.182 e. The van der Waals surface area contributed by atoms with E-state index in [0.717, 1.165) is 16.7 Å². The van der Waals surface area contributed by atoms with E-state index in [1.165, 1.54) is 0 Å². The number of phenols is 1. The minimum Gasteiger partial charge on any atom is -0.507 e. The van der Waals surface area contributed by atoms with Gasteiger partial charge in [-0.05, 0) is 34.4 Å². The molecular formula is C29H36N2O3. The Kier molecular flexibility index (Phi) is 5.95. The maximum Gasteiger partial charge on any atom is 0.182 e. The Hall–Kier alpha value is -2.95. The molecule has 1 heterocycles. The molecular weight excluding hydrogens is 424 g/mol. The van der Waals surface area contributed by atoms with Gasteiger partial charge in [-0.25, -0.2) is 0 Å². The number of carbonyl (C=O) groups excluding carboxylic acids is 2. The van der Waals surface area contributed by atoms with E-state index in [0.29, 0.717) is 24.4 Å². The number of amidine groups is 1. The number of rotatable bonds is 4. The van der Waals surface area contributed by atoms with Crippen molar-refractivity contribution in [2.75, 3.05) is 13.1 Å². The second kappa shape index (κ2) is 8.37. The van der Waals surface area contributed by atoms with Crippen LogP contribution in [0, 0.1) is 17.2 Å². The molecule has 1 aliphatic heterocycles. The number of hydrogen-bond acceptors (Lipinski definition) is 4. The van der Waals surface area contributed by atoms with E-state index in [9.17, 15) is 14.7 Å². The fraction of sp³-hybridized carbons (Fsp3) is 0.483. The van der Waals surface area contributed by atoms with E-state index < -0.39 is 0 Å². The highest BCUT2D eigenvalue weighted by molar-refractivity contribution is 6.03. The number of carbonyl (C=O) groups is 2. The Balaban J connectivity index is 1.61. The lowest BCUT2D eigenvalue weighted by atomic mass is 9.78. The molecule has 0 radical (unpaired) electrons. The Morgan fingerprint density at radius 1 is 1.03 bits per heavy atom. The average molecular weight is 461 g/mol. The van der Waals surface area contributed by atoms with Crippen LogP contribution in [0.2, 0.25) is 0 Å². The second-order valence-electron chi connectivity index (χ2n) is 12.0. The Morgan fingerprint density at radius 3 is 2.12 bits per heavy atom. The van der Waals surface area contributed by atoms with Crippen molar-refractivity contribution in [2.24, 2.45) is 11.8 Å². The van der Waals surface area contributed by atoms with Crippen molar-refractivity contribution in [3.63, 3.8) is 0 Å². The van der Waals surface area contributed by atoms with Crippen molar-refractivity contribution < 1.29 is 14.7 Å². The van der Waals surface area contributed by atoms with Gasteiger partial charge in [-0.2, -0.15) is 0 Å². The Labute approximate surface area is 202 Å². The molecule has 2 aromatic rings. The molecule has 34 heavy (non-hydrogen) atoms. The molecule has 1 saturated carbocycles. The van der Waals surface area contributed by atoms with Crippen molar-refractivity contribution in [1.29, 1.82) is 5.41 Å². The summed E-state index contributed by atoms with van der Waals surface area (Å²) in [7, 11) is 0. The number of nitrogens with one attached hydrogen (secondary N) is 1. The average Bonchev–Trinajstić information content (AvgIpc) is 3.21. The van der Waals surface area contributed by atoms with Crippen LogP contribution >= 0.6 is 0 Å². The molecule has 2 aliphatic rings. The van der Waals surface area contributed by atoms with E-state index in [4.69, 9.17) is 5.41 Å². The summed E-state index contributed by atoms with van der Waals surface area (Å²) >= 11 is 0. The van der Waals surface area contributed by atoms with Gasteiger partial charge in [-0.15, -0.1) is 0 Å². The quantitative estimate of drug-likeness (QED) is 0.594. The van der Waals surface area contributed by atoms with Crippen LogP contribution in [0.15, 0.2) is 42.5 Å². The normalized spacial score (nSPS) is 22.9. The van der Waals surface area contributed by atoms with Crippen LogP contribution in [0.3, 0.4) is 0 Å². The lowest BCUT2D eigenvalue weighted by Crippen LogP contribution is -2.34. The van der Waals surface area contributed by atoms with Gasteiger partial charge in [-0.1, -0.05) is 71.9 Å². The van der Waals surface area contributed by atoms with Crippen molar-refractivity contribution in [3.05, 3.63) is 64.7 Å². The van der Waals surface area contributed by atoms with Gasteiger partial charge in [-0.3, -0.25) is 15.0 Å². The summed E-state index contributed by atoms with van der Waals surface area (Å²) in [6.07, 6.45) is 0.457. The van der Waals surface area contributed by atoms with Gasteiger partial charge in [0.05, 0.1) is 12.5 Å². The fourth-order valence-corrected chi connectivity index (χ4v) is 5.54. The van der Waals surface area contributed by atoms with Crippen molar-refractivity contribution in [2.45, 2.75) is 64.7 Å². The Morgan fingerprint density at radius 2 is 1.59 bits per heavy atom. The first-order chi connectivity index (χ1) is 15.8. The summed E-state index contributed by atoms with van der Waals surface area (Å²) in [5.41, 5.74) is 2.40. The highest BCUT2D eigenvalue weighted by atomic mass is 16.3. The molecule has 0 aromatic heterocycles. The summed E-state index contributed by atoms with van der Waals surface area (Å²) in [5.74, 6) is 0.384. The highest BCUT2D eigenvalue weighted by Gasteiger charge is 2.51. The predicted octanol–water partition coefficient (Wildman–Crippen LogP) is 5.45. The zero-order valence-electron chi connectivity index (χ0n) is 21.1. The van der Waals surface area contributed by atoms with Gasteiger partial charge in [0.15, 0.2) is 5.78 Å². The van der Waals surface area contributed by atoms with Crippen LogP contribution < -0.4 is 0 Å². The first kappa shape index (κ1) is 24.2. The van der Waals surface area contributed by atoms with Gasteiger partial charge in [0.1, 0.15) is 17.4 Å². The largest absolute Gasteiger partial charge is 0.507 e. The topological polar surface area (TPSA) is 81.5 Å². The first-order valence-corrected chi connectivity index (χ1v) is 12.1. The van der Waals surface area contributed by atoms with Gasteiger partial charge >= 0.3 is 0 Å². The standard InChI is InChI=1S/C29H36N2O3/c1-28(2,3)20-12-18(13-21(26(20)34)29(4,5)6)23(33)16-31-15-19-14-22(32)24(25(19)27(31)30)17-10-8-7-9-11-17/h7-13,19,24-25,30,34H,14-16H2,1-6H3. The molecule has 2 fully saturated rings. The zero-order chi connectivity index (χ0) is 25.0. The molecule has 180 valence electrons. The molecule has 0 bridgehead atoms. The van der Waals surface area contributed by atoms with Crippen molar-refractivity contribution in [3.8, 4) is 5.75 Å². The third-order valence-corrected chi connectivity index (χ3v) is 7.33. The molecule has 0 spiro atoms. The number of phenolic OH excluding ortho intramolecular Hbond substituents is 1. The number of nitrogens with zero attached hydrogens (tertiary/aromatic N) is 1. The van der Waals surface area contributed by atoms with Crippen LogP contribution in [0.1, 0.15) is 80.9 Å². The second-order valence-corrected chi connectivity index (χ2v) is 12.0. The van der Waals surface area contributed by atoms with E-state index >= 15 is 0 Å². The van der Waals surface area contributed by atoms with E-state index in [-0.39, 0.29) is 52.4 Å². The number of likely N-dealkylation sites (tertiary alicyclic amines) is 1. The van der Waals surface area contributed by atoms with Crippen LogP contribution in [0.25, 0.3) is 0 Å². The minimum absolute atomic E-state index is 0.0664. The van der Waals surface area contributed by atoms with E-state index in [2.05, 4.69) is 0 Å². The Bertz CT molecular complexity index is 1100. The van der Waals surface area contributed by atoms with Crippen molar-refractivity contribution >= 4 is 17.4 Å². The third kappa shape index (κ3) is 4.28. The lowest BCUT2D eigenvalue weighted by molar-refractivity contribution is -0.119. The SMILES string of the molecule is CC(C)(C)c1cc(C(=O)CN2CC3CC(=O)C(c4ccccc4)C3C2=N)cc(C(C)(C)C)c1O. The van der Waals surface area contributed by atoms with Crippen molar-refractivity contribution in [1.82, 2.24) is 4.90 Å². The molecule has 5 heteroatoms. The number of Topliss-reactive ketones (excluding diaryl/α,β-unsaturated/α-hetero) is 2. The molecule has 4 rings (SSSR count). The van der Waals surface area contributed by atoms with E-state index in [1.807, 2.05) is 88.9 Å². The number of ketones is 2. The van der Waals surface area contributed by atoms with Gasteiger partial charge in [0.25, 0.3) is 0 Å². The van der Waals surface area contributed by atoms with Gasteiger partial charge in [0, 0.05) is 35.6 Å². The minimum atomic E-state index is -0.318. The predicted molar refractivity (Wildman–Crippen MR) is 135 cm³/mol. The summed E-state index contributed by atoms with van der Waals surface area (Å²) < 4.78 is 0. The van der Waals surface area contributed by atoms with Crippen LogP contribution in [0.4, 0.5) is 0 Å². The number of fused-ring (bicyclic) bond motifs is 1. The van der Waals surface area contributed by atoms with E-state index in [1.54, 1.807) is 0 Å². The van der Waals surface area contributed by atoms with Crippen LogP contribution in [-0.2, 0) is 15.6 Å². The summed E-state index contributed by atoms with van der Waals surface area (Å²) in [6, 6.07) is 13.3. The van der Waals surface area contributed by atoms with Crippen LogP contribution in [0.5, 0.6) is 5.75 Å². The molecule has 1 saturated heterocycles. The molecule has 3 unspecified atom stereocenters. The summed E-state index contributed by atoms with van der Waals surface area (Å²) in [4.78, 5) is 28.1. The summed E-state index contributed by atoms with van der Waals surface area (Å²) in [6.45, 7) is 12.8. The molecule has 5 nitrogen and oxygen atoms in total. The molecule has 2 N–H and O–H groups in total. The molecule has 0 amide bonds. The number of aromatic hydroxyl groups is 1. The molecule has 3 atom stereocenters. The number of benzene rings is 2. The highest BCUT2D eigenvalue weighted by Crippen LogP contribution is 2.46. The molecule has 1 aliphatic carbocycles. The van der Waals surface area contributed by atoms with Crippen LogP contribution in [-0.4, -0.2) is 40.5 Å². The van der Waals surface area contributed by atoms with Gasteiger partial charge in [0.2, 0.25) is 0 Å². The maximum atomic E-state index is 13.5.